The van der Waals surface area contributed by atoms with Crippen LogP contribution in [0.15, 0.2) is 24.3 Å². The molecule has 1 aromatic carbocycles. The van der Waals surface area contributed by atoms with E-state index in [1.165, 1.54) is 51.4 Å². The predicted molar refractivity (Wildman–Crippen MR) is 81.5 cm³/mol. The Labute approximate surface area is 117 Å². The van der Waals surface area contributed by atoms with Gasteiger partial charge in [-0.05, 0) is 55.7 Å². The van der Waals surface area contributed by atoms with Gasteiger partial charge in [0.15, 0.2) is 0 Å². The fourth-order valence-electron chi connectivity index (χ4n) is 4.03. The third-order valence-electron chi connectivity index (χ3n) is 5.34. The number of hydrogen-bond acceptors (Lipinski definition) is 1. The first-order chi connectivity index (χ1) is 9.36. The molecule has 0 aliphatic heterocycles. The molecule has 0 bridgehead atoms. The molecule has 1 fully saturated rings. The molecule has 0 saturated heterocycles. The minimum Gasteiger partial charge on any atom is -0.317 e. The highest BCUT2D eigenvalue weighted by molar-refractivity contribution is 5.39. The van der Waals surface area contributed by atoms with E-state index in [4.69, 9.17) is 0 Å². The molecule has 3 rings (SSSR count). The molecule has 0 heterocycles. The van der Waals surface area contributed by atoms with Gasteiger partial charge in [-0.1, -0.05) is 49.9 Å². The molecule has 2 unspecified atom stereocenters. The molecule has 1 nitrogen and oxygen atoms in total. The maximum Gasteiger partial charge on any atom is 0.00701 e. The Morgan fingerprint density at radius 1 is 1.21 bits per heavy atom. The topological polar surface area (TPSA) is 12.0 Å². The number of hydrogen-bond donors (Lipinski definition) is 1. The average Bonchev–Trinajstić information content (AvgIpc) is 2.92. The Morgan fingerprint density at radius 2 is 2.00 bits per heavy atom. The zero-order valence-electron chi connectivity index (χ0n) is 12.2. The van der Waals surface area contributed by atoms with Crippen LogP contribution in [-0.2, 0) is 6.42 Å². The Morgan fingerprint density at radius 3 is 2.74 bits per heavy atom. The zero-order valence-corrected chi connectivity index (χ0v) is 12.2. The number of rotatable bonds is 6. The van der Waals surface area contributed by atoms with Crippen LogP contribution in [0.5, 0.6) is 0 Å². The van der Waals surface area contributed by atoms with E-state index in [1.807, 2.05) is 0 Å². The van der Waals surface area contributed by atoms with Gasteiger partial charge in [0, 0.05) is 6.04 Å². The van der Waals surface area contributed by atoms with Crippen LogP contribution in [0.2, 0.25) is 0 Å². The van der Waals surface area contributed by atoms with Gasteiger partial charge in [-0.15, -0.1) is 0 Å². The fourth-order valence-corrected chi connectivity index (χ4v) is 4.03. The van der Waals surface area contributed by atoms with Crippen LogP contribution in [0.1, 0.15) is 62.0 Å². The van der Waals surface area contributed by atoms with Crippen molar-refractivity contribution in [2.75, 3.05) is 7.05 Å². The quantitative estimate of drug-likeness (QED) is 0.802. The molecule has 2 aliphatic rings. The van der Waals surface area contributed by atoms with E-state index in [1.54, 1.807) is 11.1 Å². The summed E-state index contributed by atoms with van der Waals surface area (Å²) in [5.41, 5.74) is 3.20. The van der Waals surface area contributed by atoms with Gasteiger partial charge in [0.2, 0.25) is 0 Å². The van der Waals surface area contributed by atoms with Gasteiger partial charge >= 0.3 is 0 Å². The van der Waals surface area contributed by atoms with Crippen molar-refractivity contribution in [2.24, 2.45) is 5.92 Å². The van der Waals surface area contributed by atoms with Crippen molar-refractivity contribution >= 4 is 0 Å². The van der Waals surface area contributed by atoms with E-state index < -0.39 is 0 Å². The fraction of sp³-hybridized carbons (Fsp3) is 0.667. The van der Waals surface area contributed by atoms with Crippen molar-refractivity contribution in [3.8, 4) is 0 Å². The highest BCUT2D eigenvalue weighted by Gasteiger charge is 2.27. The van der Waals surface area contributed by atoms with Crippen molar-refractivity contribution in [1.82, 2.24) is 5.32 Å². The van der Waals surface area contributed by atoms with Gasteiger partial charge in [0.05, 0.1) is 0 Å². The summed E-state index contributed by atoms with van der Waals surface area (Å²) in [5.74, 6) is 1.85. The van der Waals surface area contributed by atoms with Gasteiger partial charge in [-0.25, -0.2) is 0 Å². The lowest BCUT2D eigenvalue weighted by atomic mass is 9.74. The molecule has 1 aromatic rings. The third-order valence-corrected chi connectivity index (χ3v) is 5.34. The number of nitrogens with one attached hydrogen (secondary N) is 1. The van der Waals surface area contributed by atoms with E-state index in [0.717, 1.165) is 17.9 Å². The second-order valence-electron chi connectivity index (χ2n) is 6.55. The van der Waals surface area contributed by atoms with Gasteiger partial charge in [-0.3, -0.25) is 0 Å². The van der Waals surface area contributed by atoms with Crippen molar-refractivity contribution < 1.29 is 0 Å². The van der Waals surface area contributed by atoms with E-state index in [-0.39, 0.29) is 0 Å². The normalized spacial score (nSPS) is 23.9. The summed E-state index contributed by atoms with van der Waals surface area (Å²) in [6.45, 7) is 0. The van der Waals surface area contributed by atoms with Crippen LogP contribution in [0, 0.1) is 5.92 Å². The molecule has 104 valence electrons. The van der Waals surface area contributed by atoms with Crippen molar-refractivity contribution in [3.63, 3.8) is 0 Å². The summed E-state index contributed by atoms with van der Waals surface area (Å²) in [7, 11) is 2.14. The molecule has 0 amide bonds. The predicted octanol–water partition coefficient (Wildman–Crippen LogP) is 4.27. The highest BCUT2D eigenvalue weighted by Crippen LogP contribution is 2.39. The minimum atomic E-state index is 0.721. The zero-order chi connectivity index (χ0) is 13.1. The van der Waals surface area contributed by atoms with Gasteiger partial charge < -0.3 is 5.32 Å². The maximum absolute atomic E-state index is 3.56. The van der Waals surface area contributed by atoms with Crippen LogP contribution < -0.4 is 5.32 Å². The largest absolute Gasteiger partial charge is 0.317 e. The van der Waals surface area contributed by atoms with Crippen LogP contribution in [0.25, 0.3) is 0 Å². The third kappa shape index (κ3) is 3.02. The molecular formula is C18H27N. The second-order valence-corrected chi connectivity index (χ2v) is 6.55. The summed E-state index contributed by atoms with van der Waals surface area (Å²) >= 11 is 0. The van der Waals surface area contributed by atoms with Gasteiger partial charge in [-0.2, -0.15) is 0 Å². The minimum absolute atomic E-state index is 0.721. The molecular weight excluding hydrogens is 230 g/mol. The lowest BCUT2D eigenvalue weighted by Crippen LogP contribution is -2.31. The smallest absolute Gasteiger partial charge is 0.00701 e. The monoisotopic (exact) mass is 257 g/mol. The Kier molecular flexibility index (Phi) is 4.22. The lowest BCUT2D eigenvalue weighted by molar-refractivity contribution is 0.374. The summed E-state index contributed by atoms with van der Waals surface area (Å²) < 4.78 is 0. The first-order valence-electron chi connectivity index (χ1n) is 8.12. The Hall–Kier alpha value is -0.820. The van der Waals surface area contributed by atoms with Crippen LogP contribution in [-0.4, -0.2) is 13.1 Å². The second kappa shape index (κ2) is 6.09. The number of benzene rings is 1. The van der Waals surface area contributed by atoms with Crippen molar-refractivity contribution in [3.05, 3.63) is 35.4 Å². The first-order valence-corrected chi connectivity index (χ1v) is 8.12. The molecule has 0 radical (unpaired) electrons. The van der Waals surface area contributed by atoms with Crippen molar-refractivity contribution in [1.29, 1.82) is 0 Å². The van der Waals surface area contributed by atoms with Crippen LogP contribution >= 0.6 is 0 Å². The Balaban J connectivity index is 1.48. The van der Waals surface area contributed by atoms with E-state index in [9.17, 15) is 0 Å². The molecule has 1 saturated carbocycles. The highest BCUT2D eigenvalue weighted by atomic mass is 14.9. The maximum atomic E-state index is 3.56. The summed E-state index contributed by atoms with van der Waals surface area (Å²) in [5, 5.41) is 3.56. The lowest BCUT2D eigenvalue weighted by Gasteiger charge is -2.33. The summed E-state index contributed by atoms with van der Waals surface area (Å²) in [6.07, 6.45) is 11.4. The van der Waals surface area contributed by atoms with Gasteiger partial charge in [0.1, 0.15) is 0 Å². The average molecular weight is 257 g/mol. The van der Waals surface area contributed by atoms with E-state index >= 15 is 0 Å². The SMILES string of the molecule is CNC(CCC1CCCC1)CC1Cc2ccccc21. The molecule has 19 heavy (non-hydrogen) atoms. The molecule has 1 N–H and O–H groups in total. The van der Waals surface area contributed by atoms with Crippen LogP contribution in [0.4, 0.5) is 0 Å². The van der Waals surface area contributed by atoms with E-state index in [2.05, 4.69) is 36.6 Å². The molecule has 2 atom stereocenters. The standard InChI is InChI=1S/C18H27N/c1-19-17(11-10-14-6-2-3-7-14)13-16-12-15-8-4-5-9-18(15)16/h4-5,8-9,14,16-17,19H,2-3,6-7,10-13H2,1H3. The number of fused-ring (bicyclic) bond motifs is 1. The molecule has 0 spiro atoms. The van der Waals surface area contributed by atoms with Gasteiger partial charge in [0.25, 0.3) is 0 Å². The Bertz CT molecular complexity index is 406. The molecule has 0 aromatic heterocycles. The molecule has 2 aliphatic carbocycles. The van der Waals surface area contributed by atoms with Crippen LogP contribution in [0.3, 0.4) is 0 Å². The summed E-state index contributed by atoms with van der Waals surface area (Å²) in [4.78, 5) is 0. The van der Waals surface area contributed by atoms with E-state index in [0.29, 0.717) is 0 Å². The van der Waals surface area contributed by atoms with Crippen molar-refractivity contribution in [2.45, 2.75) is 63.3 Å². The molecule has 1 heteroatoms. The summed E-state index contributed by atoms with van der Waals surface area (Å²) in [6, 6.07) is 9.70. The first kappa shape index (κ1) is 13.2.